The van der Waals surface area contributed by atoms with Crippen LogP contribution in [-0.4, -0.2) is 12.8 Å². The van der Waals surface area contributed by atoms with Gasteiger partial charge in [0.25, 0.3) is 0 Å². The van der Waals surface area contributed by atoms with E-state index >= 15 is 0 Å². The summed E-state index contributed by atoms with van der Waals surface area (Å²) in [6, 6.07) is 13.8. The van der Waals surface area contributed by atoms with Crippen molar-refractivity contribution in [3.8, 4) is 16.9 Å². The summed E-state index contributed by atoms with van der Waals surface area (Å²) in [6.07, 6.45) is 2.93. The van der Waals surface area contributed by atoms with Gasteiger partial charge >= 0.3 is 5.97 Å². The zero-order chi connectivity index (χ0) is 20.1. The molecule has 0 saturated carbocycles. The van der Waals surface area contributed by atoms with Crippen molar-refractivity contribution in [1.82, 2.24) is 0 Å². The summed E-state index contributed by atoms with van der Waals surface area (Å²) in [5.74, 6) is -0.00906. The summed E-state index contributed by atoms with van der Waals surface area (Å²) >= 11 is 1.19. The average Bonchev–Trinajstić information content (AvgIpc) is 2.72. The Hall–Kier alpha value is -2.92. The van der Waals surface area contributed by atoms with E-state index < -0.39 is 5.97 Å². The van der Waals surface area contributed by atoms with Gasteiger partial charge < -0.3 is 9.47 Å². The highest BCUT2D eigenvalue weighted by molar-refractivity contribution is 7.16. The van der Waals surface area contributed by atoms with Crippen LogP contribution in [0.1, 0.15) is 25.0 Å². The lowest BCUT2D eigenvalue weighted by molar-refractivity contribution is -0.144. The van der Waals surface area contributed by atoms with Gasteiger partial charge in [-0.15, -0.1) is 0 Å². The van der Waals surface area contributed by atoms with Crippen LogP contribution >= 0.6 is 11.3 Å². The van der Waals surface area contributed by atoms with Crippen LogP contribution in [0.2, 0.25) is 0 Å². The summed E-state index contributed by atoms with van der Waals surface area (Å²) in [5.41, 5.74) is 4.19. The summed E-state index contributed by atoms with van der Waals surface area (Å²) in [7, 11) is 0. The molecule has 5 heteroatoms. The van der Waals surface area contributed by atoms with Crippen molar-refractivity contribution in [2.75, 3.05) is 6.79 Å². The molecule has 0 saturated heterocycles. The first-order chi connectivity index (χ1) is 13.5. The van der Waals surface area contributed by atoms with Crippen molar-refractivity contribution in [2.45, 2.75) is 26.7 Å². The molecule has 3 aromatic rings. The minimum absolute atomic E-state index is 0.0154. The number of aryl methyl sites for hydroxylation is 2. The largest absolute Gasteiger partial charge is 0.457 e. The molecule has 0 spiro atoms. The van der Waals surface area contributed by atoms with Gasteiger partial charge in [-0.2, -0.15) is 0 Å². The predicted octanol–water partition coefficient (Wildman–Crippen LogP) is 5.12. The molecule has 144 valence electrons. The fraction of sp³-hybridized carbons (Fsp3) is 0.217. The molecular formula is C23H22O4S. The summed E-state index contributed by atoms with van der Waals surface area (Å²) < 4.78 is 11.1. The number of carbonyl (C=O) groups is 1. The maximum absolute atomic E-state index is 12.8. The first-order valence-corrected chi connectivity index (χ1v) is 9.99. The third kappa shape index (κ3) is 4.31. The van der Waals surface area contributed by atoms with Gasteiger partial charge in [-0.1, -0.05) is 50.0 Å². The molecule has 1 aromatic heterocycles. The van der Waals surface area contributed by atoms with Gasteiger partial charge in [0.1, 0.15) is 5.75 Å². The van der Waals surface area contributed by atoms with E-state index in [1.54, 1.807) is 12.1 Å². The zero-order valence-electron chi connectivity index (χ0n) is 16.0. The van der Waals surface area contributed by atoms with Gasteiger partial charge in [-0.3, -0.25) is 4.79 Å². The topological polar surface area (TPSA) is 52.6 Å². The Morgan fingerprint density at radius 3 is 2.61 bits per heavy atom. The number of ether oxygens (including phenoxy) is 2. The van der Waals surface area contributed by atoms with Gasteiger partial charge in [-0.05, 0) is 59.2 Å². The van der Waals surface area contributed by atoms with Gasteiger partial charge in [-0.25, -0.2) is 4.79 Å². The Morgan fingerprint density at radius 2 is 1.89 bits per heavy atom. The van der Waals surface area contributed by atoms with Crippen molar-refractivity contribution in [3.63, 3.8) is 0 Å². The predicted molar refractivity (Wildman–Crippen MR) is 114 cm³/mol. The molecule has 0 fully saturated rings. The number of esters is 1. The second-order valence-electron chi connectivity index (χ2n) is 6.28. The van der Waals surface area contributed by atoms with Crippen LogP contribution in [0.4, 0.5) is 0 Å². The number of rotatable bonds is 7. The number of hydrogen-bond donors (Lipinski definition) is 0. The van der Waals surface area contributed by atoms with Crippen LogP contribution in [-0.2, 0) is 22.4 Å². The normalized spacial score (nSPS) is 10.6. The van der Waals surface area contributed by atoms with E-state index in [0.717, 1.165) is 40.1 Å². The maximum Gasteiger partial charge on any atom is 0.333 e. The van der Waals surface area contributed by atoms with E-state index in [-0.39, 0.29) is 11.5 Å². The Labute approximate surface area is 168 Å². The van der Waals surface area contributed by atoms with Crippen molar-refractivity contribution < 1.29 is 14.3 Å². The molecule has 0 radical (unpaired) electrons. The molecule has 0 aliphatic heterocycles. The lowest BCUT2D eigenvalue weighted by atomic mass is 9.96. The van der Waals surface area contributed by atoms with E-state index in [1.807, 2.05) is 12.1 Å². The molecule has 28 heavy (non-hydrogen) atoms. The van der Waals surface area contributed by atoms with E-state index in [0.29, 0.717) is 5.75 Å². The van der Waals surface area contributed by atoms with E-state index in [1.165, 1.54) is 22.5 Å². The van der Waals surface area contributed by atoms with Gasteiger partial charge in [0, 0.05) is 16.3 Å². The highest BCUT2D eigenvalue weighted by atomic mass is 32.1. The molecule has 1 heterocycles. The lowest BCUT2D eigenvalue weighted by Gasteiger charge is -2.11. The second-order valence-corrected chi connectivity index (χ2v) is 7.29. The molecule has 0 aliphatic rings. The number of carbonyl (C=O) groups excluding carboxylic acids is 1. The standard InChI is InChI=1S/C23H22O4S/c1-4-15-7-10-19(16(5-2)11-15)20-12-17-8-9-18(13-21(17)28-23(20)25)26-14-27-22(24)6-3/h6-13H,3-5,14H2,1-2H3. The number of hydrogen-bond acceptors (Lipinski definition) is 5. The minimum Gasteiger partial charge on any atom is -0.457 e. The van der Waals surface area contributed by atoms with Crippen molar-refractivity contribution >= 4 is 27.4 Å². The van der Waals surface area contributed by atoms with E-state index in [4.69, 9.17) is 9.47 Å². The third-order valence-electron chi connectivity index (χ3n) is 4.55. The average molecular weight is 394 g/mol. The van der Waals surface area contributed by atoms with Crippen LogP contribution in [0.25, 0.3) is 21.2 Å². The minimum atomic E-state index is -0.545. The lowest BCUT2D eigenvalue weighted by Crippen LogP contribution is -2.07. The van der Waals surface area contributed by atoms with Crippen LogP contribution in [0.3, 0.4) is 0 Å². The van der Waals surface area contributed by atoms with Crippen molar-refractivity contribution in [1.29, 1.82) is 0 Å². The fourth-order valence-electron chi connectivity index (χ4n) is 3.01. The molecule has 0 unspecified atom stereocenters. The van der Waals surface area contributed by atoms with Gasteiger partial charge in [0.2, 0.25) is 11.5 Å². The Kier molecular flexibility index (Phi) is 6.26. The van der Waals surface area contributed by atoms with Crippen LogP contribution < -0.4 is 9.48 Å². The highest BCUT2D eigenvalue weighted by Crippen LogP contribution is 2.29. The van der Waals surface area contributed by atoms with E-state index in [2.05, 4.69) is 38.6 Å². The first kappa shape index (κ1) is 19.8. The summed E-state index contributed by atoms with van der Waals surface area (Å²) in [5, 5.41) is 0.969. The van der Waals surface area contributed by atoms with Gasteiger partial charge in [0.15, 0.2) is 0 Å². The Balaban J connectivity index is 1.94. The molecule has 3 rings (SSSR count). The molecule has 2 aromatic carbocycles. The van der Waals surface area contributed by atoms with E-state index in [9.17, 15) is 9.59 Å². The Morgan fingerprint density at radius 1 is 1.07 bits per heavy atom. The molecular weight excluding hydrogens is 372 g/mol. The third-order valence-corrected chi connectivity index (χ3v) is 5.53. The molecule has 0 bridgehead atoms. The monoisotopic (exact) mass is 394 g/mol. The van der Waals surface area contributed by atoms with Gasteiger partial charge in [0.05, 0.1) is 0 Å². The first-order valence-electron chi connectivity index (χ1n) is 9.17. The van der Waals surface area contributed by atoms with Crippen molar-refractivity contribution in [3.05, 3.63) is 75.8 Å². The molecule has 0 aliphatic carbocycles. The molecule has 4 nitrogen and oxygen atoms in total. The smallest absolute Gasteiger partial charge is 0.333 e. The number of fused-ring (bicyclic) bond motifs is 1. The highest BCUT2D eigenvalue weighted by Gasteiger charge is 2.11. The zero-order valence-corrected chi connectivity index (χ0v) is 16.8. The fourth-order valence-corrected chi connectivity index (χ4v) is 3.90. The maximum atomic E-state index is 12.8. The quantitative estimate of drug-likeness (QED) is 0.317. The molecule has 0 N–H and O–H groups in total. The van der Waals surface area contributed by atoms with Crippen molar-refractivity contribution in [2.24, 2.45) is 0 Å². The SMILES string of the molecule is C=CC(=O)OCOc1ccc2cc(-c3ccc(CC)cc3CC)c(=O)sc2c1. The molecule has 0 atom stereocenters. The molecule has 0 amide bonds. The van der Waals surface area contributed by atoms with Crippen LogP contribution in [0, 0.1) is 0 Å². The second kappa shape index (κ2) is 8.85. The summed E-state index contributed by atoms with van der Waals surface area (Å²) in [4.78, 5) is 23.9. The van der Waals surface area contributed by atoms with Crippen LogP contribution in [0.15, 0.2) is 59.9 Å². The Bertz CT molecular complexity index is 1080. The summed E-state index contributed by atoms with van der Waals surface area (Å²) in [6.45, 7) is 7.36. The van der Waals surface area contributed by atoms with Crippen LogP contribution in [0.5, 0.6) is 5.75 Å². The number of benzene rings is 2.